The molecule has 2 saturated heterocycles. The lowest BCUT2D eigenvalue weighted by Gasteiger charge is -2.22. The second kappa shape index (κ2) is 21.9. The Bertz CT molecular complexity index is 1240. The predicted molar refractivity (Wildman–Crippen MR) is 188 cm³/mol. The Morgan fingerprint density at radius 1 is 0.840 bits per heavy atom. The molecule has 0 spiro atoms. The van der Waals surface area contributed by atoms with E-state index >= 15 is 0 Å². The third-order valence-corrected chi connectivity index (χ3v) is 9.76. The van der Waals surface area contributed by atoms with Crippen molar-refractivity contribution < 1.29 is 48.0 Å². The molecule has 3 atom stereocenters. The summed E-state index contributed by atoms with van der Waals surface area (Å²) in [6, 6.07) is 6.98. The van der Waals surface area contributed by atoms with Crippen molar-refractivity contribution in [2.75, 3.05) is 71.7 Å². The number of aliphatic carboxylic acids is 1. The topological polar surface area (TPSA) is 182 Å². The molecule has 1 aromatic carbocycles. The number of ether oxygens (including phenoxy) is 4. The van der Waals surface area contributed by atoms with Gasteiger partial charge in [0.15, 0.2) is 0 Å². The summed E-state index contributed by atoms with van der Waals surface area (Å²) in [4.78, 5) is 61.5. The molecule has 2 aliphatic rings. The van der Waals surface area contributed by atoms with Gasteiger partial charge in [-0.25, -0.2) is 9.59 Å². The monoisotopic (exact) mass is 722 g/mol. The molecule has 50 heavy (non-hydrogen) atoms. The number of benzene rings is 1. The van der Waals surface area contributed by atoms with Crippen molar-refractivity contribution in [3.63, 3.8) is 0 Å². The minimum Gasteiger partial charge on any atom is -0.480 e. The smallest absolute Gasteiger partial charge is 0.329 e. The first-order valence-corrected chi connectivity index (χ1v) is 18.4. The van der Waals surface area contributed by atoms with Gasteiger partial charge < -0.3 is 40.0 Å². The average Bonchev–Trinajstić information content (AvgIpc) is 3.61. The summed E-state index contributed by atoms with van der Waals surface area (Å²) in [6.07, 6.45) is 4.27. The summed E-state index contributed by atoms with van der Waals surface area (Å²) in [5.74, 6) is -1.02. The Kier molecular flexibility index (Phi) is 18.0. The molecule has 0 saturated carbocycles. The van der Waals surface area contributed by atoms with Crippen LogP contribution in [0.15, 0.2) is 24.3 Å². The van der Waals surface area contributed by atoms with E-state index in [9.17, 15) is 24.0 Å². The third kappa shape index (κ3) is 14.5. The minimum absolute atomic E-state index is 0.0147. The van der Waals surface area contributed by atoms with Crippen LogP contribution in [-0.2, 0) is 38.7 Å². The van der Waals surface area contributed by atoms with Gasteiger partial charge in [-0.1, -0.05) is 39.3 Å². The van der Waals surface area contributed by atoms with Crippen molar-refractivity contribution in [2.45, 2.75) is 82.0 Å². The number of amides is 5. The van der Waals surface area contributed by atoms with Gasteiger partial charge in [-0.15, -0.1) is 0 Å². The van der Waals surface area contributed by atoms with Gasteiger partial charge in [0.25, 0.3) is 5.91 Å². The maximum Gasteiger partial charge on any atom is 0.329 e. The number of rotatable bonds is 24. The van der Waals surface area contributed by atoms with Gasteiger partial charge in [-0.2, -0.15) is 11.8 Å². The first-order valence-electron chi connectivity index (χ1n) is 17.4. The quantitative estimate of drug-likeness (QED) is 0.0910. The molecule has 14 nitrogen and oxygen atoms in total. The zero-order chi connectivity index (χ0) is 36.4. The van der Waals surface area contributed by atoms with Crippen LogP contribution in [0.4, 0.5) is 4.79 Å². The fourth-order valence-corrected chi connectivity index (χ4v) is 7.16. The van der Waals surface area contributed by atoms with Crippen molar-refractivity contribution >= 4 is 41.5 Å². The number of imide groups is 1. The SMILES string of the molecule is CC(C)(C)c1ccc(C(=O)N2C(=O)NC3C(CCCCC(=O)NCCCOCCOCCOCCCNC(=O)COCC(=O)O)SCC32)cc1. The Morgan fingerprint density at radius 2 is 1.44 bits per heavy atom. The summed E-state index contributed by atoms with van der Waals surface area (Å²) < 4.78 is 21.1. The van der Waals surface area contributed by atoms with E-state index in [0.29, 0.717) is 83.3 Å². The molecule has 3 rings (SSSR count). The van der Waals surface area contributed by atoms with E-state index in [1.165, 1.54) is 4.90 Å². The molecule has 2 fully saturated rings. The van der Waals surface area contributed by atoms with Gasteiger partial charge in [0.05, 0.1) is 38.5 Å². The largest absolute Gasteiger partial charge is 0.480 e. The number of nitrogens with one attached hydrogen (secondary N) is 3. The highest BCUT2D eigenvalue weighted by Gasteiger charge is 2.50. The Hall–Kier alpha value is -3.24. The molecule has 0 aliphatic carbocycles. The third-order valence-electron chi connectivity index (χ3n) is 8.27. The first-order chi connectivity index (χ1) is 24.0. The van der Waals surface area contributed by atoms with Crippen LogP contribution in [0.2, 0.25) is 0 Å². The lowest BCUT2D eigenvalue weighted by atomic mass is 9.86. The fourth-order valence-electron chi connectivity index (χ4n) is 5.57. The molecule has 0 aromatic heterocycles. The Balaban J connectivity index is 1.13. The fraction of sp³-hybridized carbons (Fsp3) is 0.686. The number of hydrogen-bond donors (Lipinski definition) is 4. The molecule has 0 radical (unpaired) electrons. The standard InChI is InChI=1S/C35H54N4O10S/c1-35(2,3)26-12-10-25(11-13-26)33(44)39-27-24-50-28(32(27)38-34(39)45)8-4-5-9-29(40)36-14-6-16-46-18-20-48-21-19-47-17-7-15-37-30(41)22-49-23-31(42)43/h10-13,27-28,32H,4-9,14-24H2,1-3H3,(H,36,40)(H,37,41)(H,38,45)(H,42,43). The highest BCUT2D eigenvalue weighted by atomic mass is 32.2. The first kappa shape index (κ1) is 41.2. The van der Waals surface area contributed by atoms with Crippen molar-refractivity contribution in [2.24, 2.45) is 0 Å². The summed E-state index contributed by atoms with van der Waals surface area (Å²) >= 11 is 1.79. The summed E-state index contributed by atoms with van der Waals surface area (Å²) in [5, 5.41) is 17.3. The van der Waals surface area contributed by atoms with Gasteiger partial charge >= 0.3 is 12.0 Å². The summed E-state index contributed by atoms with van der Waals surface area (Å²) in [5.41, 5.74) is 1.64. The highest BCUT2D eigenvalue weighted by molar-refractivity contribution is 8.00. The number of carboxylic acid groups (broad SMARTS) is 1. The van der Waals surface area contributed by atoms with Crippen molar-refractivity contribution in [1.29, 1.82) is 0 Å². The van der Waals surface area contributed by atoms with E-state index in [-0.39, 0.29) is 53.1 Å². The van der Waals surface area contributed by atoms with Crippen LogP contribution in [0, 0.1) is 0 Å². The van der Waals surface area contributed by atoms with Crippen LogP contribution in [0.1, 0.15) is 75.2 Å². The lowest BCUT2D eigenvalue weighted by molar-refractivity contribution is -0.143. The predicted octanol–water partition coefficient (Wildman–Crippen LogP) is 2.73. The Labute approximate surface area is 299 Å². The molecule has 1 aromatic rings. The number of urea groups is 1. The summed E-state index contributed by atoms with van der Waals surface area (Å²) in [6.45, 7) is 9.23. The normalized spacial score (nSPS) is 18.5. The second-order valence-corrected chi connectivity index (χ2v) is 14.6. The van der Waals surface area contributed by atoms with E-state index in [1.54, 1.807) is 11.8 Å². The molecule has 0 bridgehead atoms. The molecular formula is C35H54N4O10S. The number of carbonyl (C=O) groups is 5. The zero-order valence-corrected chi connectivity index (χ0v) is 30.4. The van der Waals surface area contributed by atoms with Gasteiger partial charge in [-0.3, -0.25) is 19.3 Å². The maximum atomic E-state index is 13.3. The van der Waals surface area contributed by atoms with Crippen molar-refractivity contribution in [3.8, 4) is 0 Å². The highest BCUT2D eigenvalue weighted by Crippen LogP contribution is 2.37. The van der Waals surface area contributed by atoms with Gasteiger partial charge in [0.2, 0.25) is 11.8 Å². The Morgan fingerprint density at radius 3 is 2.04 bits per heavy atom. The van der Waals surface area contributed by atoms with E-state index in [2.05, 4.69) is 36.7 Å². The van der Waals surface area contributed by atoms with Crippen LogP contribution < -0.4 is 16.0 Å². The number of carboxylic acids is 1. The molecule has 2 aliphatic heterocycles. The number of carbonyl (C=O) groups excluding carboxylic acids is 4. The van der Waals surface area contributed by atoms with Crippen LogP contribution in [-0.4, -0.2) is 129 Å². The van der Waals surface area contributed by atoms with Crippen LogP contribution >= 0.6 is 11.8 Å². The van der Waals surface area contributed by atoms with E-state index in [4.69, 9.17) is 24.1 Å². The number of nitrogens with zero attached hydrogens (tertiary/aromatic N) is 1. The molecule has 2 heterocycles. The lowest BCUT2D eigenvalue weighted by Crippen LogP contribution is -2.41. The average molecular weight is 723 g/mol. The van der Waals surface area contributed by atoms with Crippen LogP contribution in [0.3, 0.4) is 0 Å². The van der Waals surface area contributed by atoms with Gasteiger partial charge in [0.1, 0.15) is 13.2 Å². The van der Waals surface area contributed by atoms with E-state index < -0.39 is 12.6 Å². The van der Waals surface area contributed by atoms with Crippen molar-refractivity contribution in [1.82, 2.24) is 20.9 Å². The second-order valence-electron chi connectivity index (χ2n) is 13.3. The molecule has 5 amide bonds. The summed E-state index contributed by atoms with van der Waals surface area (Å²) in [7, 11) is 0. The molecule has 15 heteroatoms. The maximum absolute atomic E-state index is 13.3. The zero-order valence-electron chi connectivity index (χ0n) is 29.5. The molecular weight excluding hydrogens is 668 g/mol. The minimum atomic E-state index is -1.12. The molecule has 3 unspecified atom stereocenters. The van der Waals surface area contributed by atoms with Crippen molar-refractivity contribution in [3.05, 3.63) is 35.4 Å². The molecule has 280 valence electrons. The number of hydrogen-bond acceptors (Lipinski definition) is 10. The van der Waals surface area contributed by atoms with Crippen LogP contribution in [0.25, 0.3) is 0 Å². The number of fused-ring (bicyclic) bond motifs is 1. The van der Waals surface area contributed by atoms with Gasteiger partial charge in [0, 0.05) is 49.3 Å². The number of unbranched alkanes of at least 4 members (excludes halogenated alkanes) is 1. The molecule has 4 N–H and O–H groups in total. The van der Waals surface area contributed by atoms with E-state index in [1.807, 2.05) is 24.3 Å². The van der Waals surface area contributed by atoms with Crippen LogP contribution in [0.5, 0.6) is 0 Å². The van der Waals surface area contributed by atoms with E-state index in [0.717, 1.165) is 24.8 Å². The number of thioether (sulfide) groups is 1. The van der Waals surface area contributed by atoms with Gasteiger partial charge in [-0.05, 0) is 48.8 Å².